The number of benzene rings is 1. The average molecular weight is 431 g/mol. The summed E-state index contributed by atoms with van der Waals surface area (Å²) in [4.78, 5) is 19.8. The van der Waals surface area contributed by atoms with E-state index in [1.165, 1.54) is 11.4 Å². The van der Waals surface area contributed by atoms with E-state index in [0.29, 0.717) is 0 Å². The van der Waals surface area contributed by atoms with Crippen molar-refractivity contribution in [3.63, 3.8) is 0 Å². The Kier molecular flexibility index (Phi) is 5.27. The van der Waals surface area contributed by atoms with Crippen LogP contribution in [-0.4, -0.2) is 28.2 Å². The van der Waals surface area contributed by atoms with E-state index in [2.05, 4.69) is 9.98 Å². The fourth-order valence-electron chi connectivity index (χ4n) is 3.19. The third-order valence-corrected chi connectivity index (χ3v) is 5.92. The second kappa shape index (κ2) is 7.16. The van der Waals surface area contributed by atoms with Crippen LogP contribution in [0.1, 0.15) is 46.9 Å². The molecule has 0 unspecified atom stereocenters. The highest BCUT2D eigenvalue weighted by atomic mass is 32.1. The van der Waals surface area contributed by atoms with Gasteiger partial charge in [-0.15, -0.1) is 11.3 Å². The van der Waals surface area contributed by atoms with E-state index >= 15 is 0 Å². The monoisotopic (exact) mass is 431 g/mol. The minimum Gasteiger partial charge on any atom is -0.385 e. The molecule has 2 N–H and O–H groups in total. The molecule has 10 heteroatoms. The first-order valence-corrected chi connectivity index (χ1v) is 9.52. The summed E-state index contributed by atoms with van der Waals surface area (Å²) < 4.78 is 71.0. The molecule has 0 saturated carbocycles. The van der Waals surface area contributed by atoms with Crippen LogP contribution in [0, 0.1) is 5.82 Å². The Labute approximate surface area is 167 Å². The van der Waals surface area contributed by atoms with Crippen LogP contribution in [0.4, 0.5) is 22.0 Å². The van der Waals surface area contributed by atoms with E-state index in [4.69, 9.17) is 5.73 Å². The number of nitrogens with two attached hydrogens (primary N) is 1. The molecule has 0 spiro atoms. The molecular weight excluding hydrogens is 413 g/mol. The molecule has 156 valence electrons. The fraction of sp³-hybridized carbons (Fsp3) is 0.421. The van der Waals surface area contributed by atoms with E-state index in [-0.39, 0.29) is 22.7 Å². The number of thiazole rings is 1. The molecule has 0 amide bonds. The van der Waals surface area contributed by atoms with Gasteiger partial charge in [0, 0.05) is 17.4 Å². The minimum absolute atomic E-state index is 0.0631. The van der Waals surface area contributed by atoms with Gasteiger partial charge in [0.2, 0.25) is 0 Å². The second-order valence-electron chi connectivity index (χ2n) is 7.34. The Morgan fingerprint density at radius 2 is 1.97 bits per heavy atom. The maximum atomic E-state index is 14.8. The van der Waals surface area contributed by atoms with Gasteiger partial charge in [0.25, 0.3) is 5.92 Å². The molecule has 2 heterocycles. The van der Waals surface area contributed by atoms with Crippen molar-refractivity contribution in [2.75, 3.05) is 0 Å². The number of carbonyl (C=O) groups excluding carboxylic acids is 1. The van der Waals surface area contributed by atoms with Crippen molar-refractivity contribution in [1.29, 1.82) is 0 Å². The first-order chi connectivity index (χ1) is 13.4. The van der Waals surface area contributed by atoms with Gasteiger partial charge >= 0.3 is 0 Å². The van der Waals surface area contributed by atoms with Gasteiger partial charge in [-0.25, -0.2) is 26.9 Å². The lowest BCUT2D eigenvalue weighted by molar-refractivity contribution is -0.106. The van der Waals surface area contributed by atoms with E-state index in [1.807, 2.05) is 0 Å². The van der Waals surface area contributed by atoms with Crippen molar-refractivity contribution in [3.8, 4) is 0 Å². The molecule has 1 aliphatic heterocycles. The Hall–Kier alpha value is -2.36. The first-order valence-electron chi connectivity index (χ1n) is 8.64. The molecule has 29 heavy (non-hydrogen) atoms. The summed E-state index contributed by atoms with van der Waals surface area (Å²) >= 11 is 0.961. The number of aliphatic imine (C=N–C) groups is 1. The molecule has 3 rings (SSSR count). The van der Waals surface area contributed by atoms with Crippen LogP contribution in [0.5, 0.6) is 0 Å². The number of rotatable bonds is 5. The molecule has 0 radical (unpaired) electrons. The molecule has 0 bridgehead atoms. The lowest BCUT2D eigenvalue weighted by Crippen LogP contribution is -2.56. The number of ketones is 1. The summed E-state index contributed by atoms with van der Waals surface area (Å²) in [6.45, 7) is 1.06. The fourth-order valence-corrected chi connectivity index (χ4v) is 3.93. The van der Waals surface area contributed by atoms with Crippen molar-refractivity contribution in [2.24, 2.45) is 10.7 Å². The van der Waals surface area contributed by atoms with Crippen molar-refractivity contribution in [3.05, 3.63) is 51.2 Å². The van der Waals surface area contributed by atoms with Crippen LogP contribution < -0.4 is 5.73 Å². The number of halogens is 5. The zero-order valence-electron chi connectivity index (χ0n) is 15.6. The maximum absolute atomic E-state index is 14.8. The highest BCUT2D eigenvalue weighted by Crippen LogP contribution is 2.50. The van der Waals surface area contributed by atoms with Crippen molar-refractivity contribution in [1.82, 2.24) is 4.98 Å². The van der Waals surface area contributed by atoms with Crippen molar-refractivity contribution < 1.29 is 26.7 Å². The smallest absolute Gasteiger partial charge is 0.280 e. The van der Waals surface area contributed by atoms with Crippen LogP contribution in [-0.2, 0) is 18.6 Å². The summed E-state index contributed by atoms with van der Waals surface area (Å²) in [5, 5.41) is 1.46. The largest absolute Gasteiger partial charge is 0.385 e. The van der Waals surface area contributed by atoms with E-state index in [1.54, 1.807) is 0 Å². The zero-order valence-corrected chi connectivity index (χ0v) is 16.4. The molecule has 2 atom stereocenters. The first kappa shape index (κ1) is 21.4. The normalized spacial score (nSPS) is 26.2. The molecule has 1 aromatic carbocycles. The van der Waals surface area contributed by atoms with E-state index in [0.717, 1.165) is 37.3 Å². The van der Waals surface area contributed by atoms with Gasteiger partial charge < -0.3 is 5.73 Å². The highest BCUT2D eigenvalue weighted by Gasteiger charge is 2.60. The summed E-state index contributed by atoms with van der Waals surface area (Å²) in [6.07, 6.45) is -1.51. The van der Waals surface area contributed by atoms with Gasteiger partial charge in [0.1, 0.15) is 18.3 Å². The number of alkyl halides is 4. The van der Waals surface area contributed by atoms with Crippen molar-refractivity contribution in [2.45, 2.75) is 50.5 Å². The number of hydrogen-bond acceptors (Lipinski definition) is 5. The van der Waals surface area contributed by atoms with Crippen LogP contribution in [0.25, 0.3) is 0 Å². The van der Waals surface area contributed by atoms with Gasteiger partial charge in [-0.05, 0) is 31.5 Å². The molecule has 0 saturated heterocycles. The van der Waals surface area contributed by atoms with Crippen LogP contribution >= 0.6 is 11.3 Å². The zero-order chi connectivity index (χ0) is 21.6. The predicted molar refractivity (Wildman–Crippen MR) is 99.4 cm³/mol. The summed E-state index contributed by atoms with van der Waals surface area (Å²) in [5.41, 5.74) is 0.442. The lowest BCUT2D eigenvalue weighted by Gasteiger charge is -2.42. The molecule has 0 fully saturated rings. The van der Waals surface area contributed by atoms with Crippen LogP contribution in [0.2, 0.25) is 0 Å². The number of carbonyl (C=O) groups is 1. The van der Waals surface area contributed by atoms with Gasteiger partial charge in [-0.3, -0.25) is 9.79 Å². The quantitative estimate of drug-likeness (QED) is 0.559. The molecular formula is C19H18F5N3OS. The Balaban J connectivity index is 1.99. The minimum atomic E-state index is -3.73. The van der Waals surface area contributed by atoms with E-state index < -0.39 is 53.2 Å². The van der Waals surface area contributed by atoms with Gasteiger partial charge in [-0.2, -0.15) is 0 Å². The SMILES string of the molecule is C[C@]1(F)CC(F)(F)[C@@](C)(c2cc(CC(=O)c3nc(CF)cs3)ccc2F)N=C1N. The number of amidine groups is 1. The number of nitrogens with zero attached hydrogens (tertiary/aromatic N) is 2. The topological polar surface area (TPSA) is 68.3 Å². The molecule has 0 aliphatic carbocycles. The Bertz CT molecular complexity index is 988. The van der Waals surface area contributed by atoms with Crippen molar-refractivity contribution >= 4 is 23.0 Å². The molecule has 4 nitrogen and oxygen atoms in total. The van der Waals surface area contributed by atoms with Gasteiger partial charge in [-0.1, -0.05) is 6.07 Å². The summed E-state index contributed by atoms with van der Waals surface area (Å²) in [5.74, 6) is -5.81. The number of Topliss-reactive ketones (excluding diaryl/α,β-unsaturated/α-hetero) is 1. The van der Waals surface area contributed by atoms with E-state index in [9.17, 15) is 26.7 Å². The lowest BCUT2D eigenvalue weighted by atomic mass is 9.77. The molecule has 2 aromatic rings. The van der Waals surface area contributed by atoms with Crippen LogP contribution in [0.3, 0.4) is 0 Å². The third kappa shape index (κ3) is 3.77. The molecule has 1 aliphatic rings. The highest BCUT2D eigenvalue weighted by molar-refractivity contribution is 7.11. The average Bonchev–Trinajstić information content (AvgIpc) is 3.10. The Morgan fingerprint density at radius 3 is 2.59 bits per heavy atom. The standard InChI is InChI=1S/C19H18F5N3OS/c1-17(22)9-19(23,24)18(2,27-16(17)25)12-5-10(3-4-13(12)21)6-14(28)15-26-11(7-20)8-29-15/h3-5,8H,6-7,9H2,1-2H3,(H2,25,27)/t17-,18+/m0/s1. The van der Waals surface area contributed by atoms with Gasteiger partial charge in [0.15, 0.2) is 22.0 Å². The van der Waals surface area contributed by atoms with Crippen LogP contribution in [0.15, 0.2) is 28.6 Å². The summed E-state index contributed by atoms with van der Waals surface area (Å²) in [6, 6.07) is 3.32. The molecule has 1 aromatic heterocycles. The third-order valence-electron chi connectivity index (χ3n) is 4.99. The number of aromatic nitrogens is 1. The summed E-state index contributed by atoms with van der Waals surface area (Å²) in [7, 11) is 0. The predicted octanol–water partition coefficient (Wildman–Crippen LogP) is 4.52. The maximum Gasteiger partial charge on any atom is 0.280 e. The van der Waals surface area contributed by atoms with Gasteiger partial charge in [0.05, 0.1) is 12.1 Å². The Morgan fingerprint density at radius 1 is 1.28 bits per heavy atom. The number of hydrogen-bond donors (Lipinski definition) is 1. The second-order valence-corrected chi connectivity index (χ2v) is 8.20.